The molecule has 0 saturated heterocycles. The molecular formula is C13H17N3. The first kappa shape index (κ1) is 12.2. The fourth-order valence-corrected chi connectivity index (χ4v) is 1.16. The number of nitrogens with one attached hydrogen (secondary N) is 1. The fourth-order valence-electron chi connectivity index (χ4n) is 1.16. The van der Waals surface area contributed by atoms with Crippen LogP contribution in [0.25, 0.3) is 0 Å². The fraction of sp³-hybridized carbons (Fsp3) is 0.231. The SMILES string of the molecule is CC.Cc1ccnc(Nc2ccccc2)n1. The molecule has 0 aliphatic rings. The lowest BCUT2D eigenvalue weighted by Crippen LogP contribution is -1.96. The van der Waals surface area contributed by atoms with Crippen molar-refractivity contribution in [3.8, 4) is 0 Å². The summed E-state index contributed by atoms with van der Waals surface area (Å²) in [5.74, 6) is 0.635. The Morgan fingerprint density at radius 2 is 1.69 bits per heavy atom. The predicted molar refractivity (Wildman–Crippen MR) is 67.8 cm³/mol. The third kappa shape index (κ3) is 3.69. The van der Waals surface area contributed by atoms with E-state index in [-0.39, 0.29) is 0 Å². The normalized spacial score (nSPS) is 8.94. The molecule has 0 saturated carbocycles. The van der Waals surface area contributed by atoms with Crippen molar-refractivity contribution in [1.29, 1.82) is 0 Å². The Morgan fingerprint density at radius 1 is 1.00 bits per heavy atom. The number of aryl methyl sites for hydroxylation is 1. The minimum absolute atomic E-state index is 0.635. The Balaban J connectivity index is 0.000000606. The minimum atomic E-state index is 0.635. The molecule has 1 aromatic heterocycles. The molecule has 0 spiro atoms. The number of nitrogens with zero attached hydrogens (tertiary/aromatic N) is 2. The van der Waals surface area contributed by atoms with Crippen LogP contribution in [0.5, 0.6) is 0 Å². The molecule has 0 amide bonds. The van der Waals surface area contributed by atoms with Crippen molar-refractivity contribution in [2.45, 2.75) is 20.8 Å². The third-order valence-corrected chi connectivity index (χ3v) is 1.82. The van der Waals surface area contributed by atoms with Gasteiger partial charge in [0, 0.05) is 17.6 Å². The average molecular weight is 215 g/mol. The Kier molecular flexibility index (Phi) is 4.99. The number of aromatic nitrogens is 2. The molecule has 3 nitrogen and oxygen atoms in total. The van der Waals surface area contributed by atoms with Gasteiger partial charge in [0.1, 0.15) is 0 Å². The van der Waals surface area contributed by atoms with Crippen LogP contribution in [-0.2, 0) is 0 Å². The van der Waals surface area contributed by atoms with Gasteiger partial charge in [-0.25, -0.2) is 9.97 Å². The van der Waals surface area contributed by atoms with Crippen molar-refractivity contribution in [2.75, 3.05) is 5.32 Å². The van der Waals surface area contributed by atoms with Gasteiger partial charge in [0.25, 0.3) is 0 Å². The summed E-state index contributed by atoms with van der Waals surface area (Å²) < 4.78 is 0. The molecule has 0 bridgehead atoms. The van der Waals surface area contributed by atoms with Gasteiger partial charge in [-0.15, -0.1) is 0 Å². The van der Waals surface area contributed by atoms with Crippen LogP contribution >= 0.6 is 0 Å². The average Bonchev–Trinajstić information content (AvgIpc) is 2.33. The van der Waals surface area contributed by atoms with Crippen molar-refractivity contribution in [3.63, 3.8) is 0 Å². The lowest BCUT2D eigenvalue weighted by molar-refractivity contribution is 1.11. The van der Waals surface area contributed by atoms with Crippen LogP contribution in [0.15, 0.2) is 42.6 Å². The van der Waals surface area contributed by atoms with Gasteiger partial charge in [0.2, 0.25) is 5.95 Å². The maximum Gasteiger partial charge on any atom is 0.227 e. The summed E-state index contributed by atoms with van der Waals surface area (Å²) in [6, 6.07) is 11.7. The molecule has 2 aromatic rings. The zero-order valence-corrected chi connectivity index (χ0v) is 9.94. The first-order valence-electron chi connectivity index (χ1n) is 5.46. The van der Waals surface area contributed by atoms with Crippen LogP contribution < -0.4 is 5.32 Å². The molecule has 0 atom stereocenters. The molecule has 2 rings (SSSR count). The third-order valence-electron chi connectivity index (χ3n) is 1.82. The van der Waals surface area contributed by atoms with Crippen molar-refractivity contribution in [3.05, 3.63) is 48.3 Å². The first-order chi connectivity index (χ1) is 7.84. The second kappa shape index (κ2) is 6.56. The molecule has 0 aliphatic heterocycles. The smallest absolute Gasteiger partial charge is 0.227 e. The van der Waals surface area contributed by atoms with Crippen LogP contribution in [0, 0.1) is 6.92 Å². The Bertz CT molecular complexity index is 413. The summed E-state index contributed by atoms with van der Waals surface area (Å²) in [7, 11) is 0. The zero-order chi connectivity index (χ0) is 11.8. The lowest BCUT2D eigenvalue weighted by atomic mass is 10.3. The molecular weight excluding hydrogens is 198 g/mol. The summed E-state index contributed by atoms with van der Waals surface area (Å²) in [6.45, 7) is 5.94. The van der Waals surface area contributed by atoms with Crippen LogP contribution in [0.4, 0.5) is 11.6 Å². The molecule has 0 unspecified atom stereocenters. The second-order valence-corrected chi connectivity index (χ2v) is 3.01. The van der Waals surface area contributed by atoms with E-state index in [2.05, 4.69) is 15.3 Å². The highest BCUT2D eigenvalue weighted by molar-refractivity contribution is 5.52. The first-order valence-corrected chi connectivity index (χ1v) is 5.46. The van der Waals surface area contributed by atoms with E-state index >= 15 is 0 Å². The van der Waals surface area contributed by atoms with Crippen molar-refractivity contribution in [2.24, 2.45) is 0 Å². The number of anilines is 2. The van der Waals surface area contributed by atoms with Gasteiger partial charge in [0.15, 0.2) is 0 Å². The van der Waals surface area contributed by atoms with Crippen LogP contribution in [-0.4, -0.2) is 9.97 Å². The summed E-state index contributed by atoms with van der Waals surface area (Å²) in [4.78, 5) is 8.36. The molecule has 0 aliphatic carbocycles. The summed E-state index contributed by atoms with van der Waals surface area (Å²) >= 11 is 0. The number of benzene rings is 1. The van der Waals surface area contributed by atoms with Gasteiger partial charge in [-0.1, -0.05) is 32.0 Å². The molecule has 0 fully saturated rings. The molecule has 3 heteroatoms. The minimum Gasteiger partial charge on any atom is -0.324 e. The highest BCUT2D eigenvalue weighted by atomic mass is 15.1. The van der Waals surface area contributed by atoms with E-state index in [0.717, 1.165) is 11.4 Å². The van der Waals surface area contributed by atoms with Gasteiger partial charge >= 0.3 is 0 Å². The van der Waals surface area contributed by atoms with Gasteiger partial charge in [-0.3, -0.25) is 0 Å². The van der Waals surface area contributed by atoms with Gasteiger partial charge in [-0.05, 0) is 25.1 Å². The van der Waals surface area contributed by atoms with E-state index in [1.165, 1.54) is 0 Å². The zero-order valence-electron chi connectivity index (χ0n) is 9.94. The van der Waals surface area contributed by atoms with E-state index < -0.39 is 0 Å². The number of para-hydroxylation sites is 1. The molecule has 1 heterocycles. The monoisotopic (exact) mass is 215 g/mol. The molecule has 16 heavy (non-hydrogen) atoms. The largest absolute Gasteiger partial charge is 0.324 e. The molecule has 84 valence electrons. The highest BCUT2D eigenvalue weighted by Crippen LogP contribution is 2.10. The van der Waals surface area contributed by atoms with Crippen molar-refractivity contribution in [1.82, 2.24) is 9.97 Å². The van der Waals surface area contributed by atoms with Gasteiger partial charge < -0.3 is 5.32 Å². The van der Waals surface area contributed by atoms with Crippen molar-refractivity contribution < 1.29 is 0 Å². The quantitative estimate of drug-likeness (QED) is 0.832. The van der Waals surface area contributed by atoms with Crippen LogP contribution in [0.3, 0.4) is 0 Å². The maximum absolute atomic E-state index is 4.25. The number of hydrogen-bond acceptors (Lipinski definition) is 3. The predicted octanol–water partition coefficient (Wildman–Crippen LogP) is 3.55. The molecule has 1 N–H and O–H groups in total. The van der Waals surface area contributed by atoms with Gasteiger partial charge in [0.05, 0.1) is 0 Å². The Labute approximate surface area is 96.6 Å². The van der Waals surface area contributed by atoms with Crippen LogP contribution in [0.1, 0.15) is 19.5 Å². The Morgan fingerprint density at radius 3 is 2.31 bits per heavy atom. The van der Waals surface area contributed by atoms with E-state index in [9.17, 15) is 0 Å². The second-order valence-electron chi connectivity index (χ2n) is 3.01. The Hall–Kier alpha value is -1.90. The molecule has 0 radical (unpaired) electrons. The topological polar surface area (TPSA) is 37.8 Å². The van der Waals surface area contributed by atoms with Crippen LogP contribution in [0.2, 0.25) is 0 Å². The summed E-state index contributed by atoms with van der Waals surface area (Å²) in [5, 5.41) is 3.12. The van der Waals surface area contributed by atoms with E-state index in [0.29, 0.717) is 5.95 Å². The summed E-state index contributed by atoms with van der Waals surface area (Å²) in [5.41, 5.74) is 1.96. The van der Waals surface area contributed by atoms with E-state index in [1.807, 2.05) is 57.2 Å². The van der Waals surface area contributed by atoms with Gasteiger partial charge in [-0.2, -0.15) is 0 Å². The number of hydrogen-bond donors (Lipinski definition) is 1. The van der Waals surface area contributed by atoms with E-state index in [1.54, 1.807) is 6.20 Å². The van der Waals surface area contributed by atoms with E-state index in [4.69, 9.17) is 0 Å². The standard InChI is InChI=1S/C11H11N3.C2H6/c1-9-7-8-12-11(13-9)14-10-5-3-2-4-6-10;1-2/h2-8H,1H3,(H,12,13,14);1-2H3. The van der Waals surface area contributed by atoms with Crippen molar-refractivity contribution >= 4 is 11.6 Å². The highest BCUT2D eigenvalue weighted by Gasteiger charge is 1.95. The molecule has 1 aromatic carbocycles. The summed E-state index contributed by atoms with van der Waals surface area (Å²) in [6.07, 6.45) is 1.74. The lowest BCUT2D eigenvalue weighted by Gasteiger charge is -2.03. The number of rotatable bonds is 2. The maximum atomic E-state index is 4.25.